The number of halogens is 7. The minimum atomic E-state index is -4.46. The number of nitrogens with zero attached hydrogens (tertiary/aromatic N) is 1. The Morgan fingerprint density at radius 1 is 0.422 bits per heavy atom. The van der Waals surface area contributed by atoms with Gasteiger partial charge in [0.15, 0.2) is 0 Å². The van der Waals surface area contributed by atoms with Crippen LogP contribution >= 0.6 is 10.7 Å². The molecule has 22 nitrogen and oxygen atoms in total. The second-order valence-corrected chi connectivity index (χ2v) is 29.4. The summed E-state index contributed by atoms with van der Waals surface area (Å²) in [5, 5.41) is 22.9. The number of H-pyrrole nitrogens is 4. The topological polar surface area (TPSA) is 302 Å². The highest BCUT2D eigenvalue weighted by Crippen LogP contribution is 2.36. The minimum absolute atomic E-state index is 0.0319. The largest absolute Gasteiger partial charge is 0.508 e. The third-order valence-corrected chi connectivity index (χ3v) is 20.3. The molecule has 0 saturated carbocycles. The lowest BCUT2D eigenvalue weighted by molar-refractivity contribution is -0.141. The van der Waals surface area contributed by atoms with Gasteiger partial charge >= 0.3 is 30.3 Å². The zero-order valence-electron chi connectivity index (χ0n) is 63.4. The smallest absolute Gasteiger partial charge is 0.416 e. The van der Waals surface area contributed by atoms with Crippen molar-refractivity contribution in [3.63, 3.8) is 0 Å². The number of aryl methyl sites for hydroxylation is 3. The predicted molar refractivity (Wildman–Crippen MR) is 430 cm³/mol. The Labute approximate surface area is 667 Å². The Balaban J connectivity index is 0.000000169. The van der Waals surface area contributed by atoms with Crippen LogP contribution in [0.4, 0.5) is 26.3 Å². The van der Waals surface area contributed by atoms with Crippen molar-refractivity contribution in [3.8, 4) is 51.7 Å². The van der Waals surface area contributed by atoms with Crippen LogP contribution in [0.3, 0.4) is 0 Å². The van der Waals surface area contributed by atoms with E-state index in [4.69, 9.17) is 54.1 Å². The molecule has 0 aliphatic carbocycles. The van der Waals surface area contributed by atoms with E-state index in [1.165, 1.54) is 98.6 Å². The Morgan fingerprint density at radius 3 is 1.20 bits per heavy atom. The number of methoxy groups -OCH3 is 2. The summed E-state index contributed by atoms with van der Waals surface area (Å²) in [6.07, 6.45) is 2.33. The molecule has 31 heteroatoms. The number of carboxylic acid groups (broad SMARTS) is 1. The van der Waals surface area contributed by atoms with E-state index in [0.717, 1.165) is 94.8 Å². The average molecular weight is 1660 g/mol. The first-order valence-electron chi connectivity index (χ1n) is 36.0. The van der Waals surface area contributed by atoms with Gasteiger partial charge in [0, 0.05) is 129 Å². The first-order valence-corrected chi connectivity index (χ1v) is 39.8. The van der Waals surface area contributed by atoms with Gasteiger partial charge in [-0.2, -0.15) is 26.3 Å². The second kappa shape index (κ2) is 40.5. The molecule has 0 spiro atoms. The number of benzene rings is 9. The number of nitrogens with one attached hydrogen (secondary N) is 4. The van der Waals surface area contributed by atoms with Gasteiger partial charge in [-0.3, -0.25) is 14.4 Å². The standard InChI is InChI=1S/C27H24F3NO6S.C14H17NO3.C13H8ClF3O3S.C13H15NO3.C10H11NO.C8H7NO/c1-3-36-22-11-14-24-18(4-15-26(32)35-2)17-31(25(24)16-22)38(33,34)23-12-9-21(10-13-23)37-20-7-5-19(6-8-20)27(28,29)30;1-3-18-11-5-6-12-10(4-7-14(16)17-2)9-15-13(12)8-11;14-21(18,19)12-7-5-11(6-8-12)20-10-3-1-9(2-4-10)13(15,16)17;1-2-17-10-4-5-11-9(3-6-13(15)16)8-14-12(11)7-10;1-2-12-9-4-3-8-5-6-11-10(8)7-9;10-7-2-1-6-3-4-9-8(6)5-7/h5-14,16-17H,3-4,15H2,1-2H3;5-6,8-9,15H,3-4,7H2,1-2H3;1-8H;4-5,7-8,14H,2-3,6H2,1H3,(H,15,16);3-7,11H,2H2,1H3;1-5,9-10H. The van der Waals surface area contributed by atoms with Crippen LogP contribution in [0.25, 0.3) is 54.5 Å². The summed E-state index contributed by atoms with van der Waals surface area (Å²) in [4.78, 5) is 45.7. The normalized spacial score (nSPS) is 11.3. The van der Waals surface area contributed by atoms with Gasteiger partial charge in [-0.15, -0.1) is 0 Å². The number of phenols is 1. The van der Waals surface area contributed by atoms with Crippen LogP contribution in [0.5, 0.6) is 51.7 Å². The highest BCUT2D eigenvalue weighted by Gasteiger charge is 2.31. The molecule has 116 heavy (non-hydrogen) atoms. The average Bonchev–Trinajstić information content (AvgIpc) is 1.60. The number of rotatable bonds is 24. The molecule has 0 amide bonds. The van der Waals surface area contributed by atoms with Crippen LogP contribution in [0.15, 0.2) is 241 Å². The van der Waals surface area contributed by atoms with Gasteiger partial charge in [0.05, 0.1) is 67.1 Å². The Morgan fingerprint density at radius 2 is 0.784 bits per heavy atom. The Hall–Kier alpha value is -12.5. The number of fused-ring (bicyclic) bond motifs is 5. The quantitative estimate of drug-likeness (QED) is 0.0186. The van der Waals surface area contributed by atoms with Crippen molar-refractivity contribution in [2.24, 2.45) is 0 Å². The maximum Gasteiger partial charge on any atom is 0.416 e. The first-order chi connectivity index (χ1) is 55.4. The molecule has 0 unspecified atom stereocenters. The molecule has 9 aromatic carbocycles. The molecule has 0 fully saturated rings. The number of carboxylic acids is 1. The van der Waals surface area contributed by atoms with Gasteiger partial charge < -0.3 is 68.0 Å². The highest BCUT2D eigenvalue weighted by molar-refractivity contribution is 8.13. The highest BCUT2D eigenvalue weighted by atomic mass is 35.7. The van der Waals surface area contributed by atoms with Gasteiger partial charge in [0.2, 0.25) is 0 Å². The van der Waals surface area contributed by atoms with E-state index in [1.54, 1.807) is 30.3 Å². The summed E-state index contributed by atoms with van der Waals surface area (Å²) >= 11 is 0. The summed E-state index contributed by atoms with van der Waals surface area (Å²) in [6.45, 7) is 10.1. The minimum Gasteiger partial charge on any atom is -0.508 e. The van der Waals surface area contributed by atoms with E-state index in [-0.39, 0.29) is 58.0 Å². The number of ether oxygens (including phenoxy) is 8. The lowest BCUT2D eigenvalue weighted by atomic mass is 10.1. The van der Waals surface area contributed by atoms with Crippen molar-refractivity contribution >= 4 is 102 Å². The van der Waals surface area contributed by atoms with Gasteiger partial charge in [0.25, 0.3) is 19.1 Å². The molecular formula is C85H82ClF6N5O17S2. The molecule has 0 aliphatic rings. The van der Waals surface area contributed by atoms with E-state index in [0.29, 0.717) is 73.7 Å². The van der Waals surface area contributed by atoms with E-state index in [1.807, 2.05) is 119 Å². The number of esters is 2. The third kappa shape index (κ3) is 24.7. The van der Waals surface area contributed by atoms with Gasteiger partial charge in [-0.1, -0.05) is 0 Å². The third-order valence-electron chi connectivity index (χ3n) is 17.2. The number of phenolic OH excluding ortho intramolecular Hbond substituents is 1. The fraction of sp³-hybridized carbons (Fsp3) is 0.212. The molecule has 14 rings (SSSR count). The lowest BCUT2D eigenvalue weighted by Crippen LogP contribution is -2.12. The van der Waals surface area contributed by atoms with Crippen molar-refractivity contribution in [3.05, 3.63) is 259 Å². The van der Waals surface area contributed by atoms with E-state index in [9.17, 15) is 57.6 Å². The summed E-state index contributed by atoms with van der Waals surface area (Å²) in [5.74, 6) is 2.92. The molecule has 5 heterocycles. The number of aromatic hydroxyl groups is 1. The molecular weight excluding hydrogens is 1580 g/mol. The number of carbonyl (C=O) groups excluding carboxylic acids is 2. The van der Waals surface area contributed by atoms with Crippen molar-refractivity contribution in [2.75, 3.05) is 40.6 Å². The molecule has 0 bridgehead atoms. The van der Waals surface area contributed by atoms with Crippen LogP contribution in [-0.2, 0) is 74.5 Å². The van der Waals surface area contributed by atoms with E-state index < -0.39 is 54.5 Å². The first kappa shape index (κ1) is 87.4. The number of aromatic nitrogens is 5. The number of hydrogen-bond acceptors (Lipinski definition) is 16. The van der Waals surface area contributed by atoms with Crippen molar-refractivity contribution in [1.82, 2.24) is 23.9 Å². The van der Waals surface area contributed by atoms with Crippen molar-refractivity contribution in [1.29, 1.82) is 0 Å². The second-order valence-electron chi connectivity index (χ2n) is 25.1. The predicted octanol–water partition coefficient (Wildman–Crippen LogP) is 20.3. The molecule has 5 aromatic heterocycles. The van der Waals surface area contributed by atoms with Crippen LogP contribution in [0.1, 0.15) is 74.8 Å². The summed E-state index contributed by atoms with van der Waals surface area (Å²) in [7, 11) is -0.0387. The number of carbonyl (C=O) groups is 3. The fourth-order valence-electron chi connectivity index (χ4n) is 11.6. The molecule has 0 saturated heterocycles. The van der Waals surface area contributed by atoms with Crippen molar-refractivity contribution in [2.45, 2.75) is 88.4 Å². The van der Waals surface area contributed by atoms with Crippen LogP contribution < -0.4 is 28.4 Å². The Bertz CT molecular complexity index is 5830. The lowest BCUT2D eigenvalue weighted by Gasteiger charge is -2.11. The van der Waals surface area contributed by atoms with Crippen LogP contribution in [0.2, 0.25) is 0 Å². The molecule has 14 aromatic rings. The number of aliphatic carboxylic acids is 1. The zero-order valence-corrected chi connectivity index (χ0v) is 65.8. The molecule has 0 atom stereocenters. The van der Waals surface area contributed by atoms with E-state index >= 15 is 0 Å². The van der Waals surface area contributed by atoms with Crippen LogP contribution in [0, 0.1) is 0 Å². The maximum absolute atomic E-state index is 13.6. The van der Waals surface area contributed by atoms with Gasteiger partial charge in [-0.05, 0) is 244 Å². The molecule has 6 N–H and O–H groups in total. The SMILES string of the molecule is CCOc1ccc2c(CCC(=O)O)c[nH]c2c1.CCOc1ccc2c(CCC(=O)OC)c[nH]c2c1.CCOc1ccc2c(CCC(=O)OC)cn(S(=O)(=O)c3ccc(Oc4ccc(C(F)(F)F)cc4)cc3)c2c1.CCOc1ccc2cc[nH]c2c1.O=S(=O)(Cl)c1ccc(Oc2ccc(C(F)(F)F)cc2)cc1.Oc1ccc2cc[nH]c2c1. The maximum atomic E-state index is 13.6. The number of alkyl halides is 6. The summed E-state index contributed by atoms with van der Waals surface area (Å²) in [6, 6.07) is 51.2. The zero-order chi connectivity index (χ0) is 83.7. The molecule has 0 radical (unpaired) electrons. The fourth-order valence-corrected chi connectivity index (χ4v) is 13.7. The summed E-state index contributed by atoms with van der Waals surface area (Å²) < 4.78 is 168. The molecule has 0 aliphatic heterocycles. The number of aromatic amines is 4. The van der Waals surface area contributed by atoms with Gasteiger partial charge in [-0.25, -0.2) is 20.8 Å². The Kier molecular flexibility index (Phi) is 30.5. The number of hydrogen-bond donors (Lipinski definition) is 6. The van der Waals surface area contributed by atoms with Crippen LogP contribution in [-0.4, -0.2) is 110 Å². The monoisotopic (exact) mass is 1660 g/mol. The van der Waals surface area contributed by atoms with Gasteiger partial charge in [0.1, 0.15) is 51.7 Å². The van der Waals surface area contributed by atoms with E-state index in [2.05, 4.69) is 30.7 Å². The van der Waals surface area contributed by atoms with Crippen molar-refractivity contribution < 1.29 is 106 Å². The summed E-state index contributed by atoms with van der Waals surface area (Å²) in [5.41, 5.74) is 5.73. The molecule has 610 valence electrons.